The molecule has 0 rings (SSSR count). The molecule has 0 amide bonds. The minimum absolute atomic E-state index is 0.703. The summed E-state index contributed by atoms with van der Waals surface area (Å²) in [6.07, 6.45) is 7.52. The molecule has 0 saturated carbocycles. The van der Waals surface area contributed by atoms with Crippen LogP contribution in [0.5, 0.6) is 0 Å². The van der Waals surface area contributed by atoms with E-state index in [1.165, 1.54) is 25.7 Å². The largest absolute Gasteiger partial charge is 0.103 e. The lowest BCUT2D eigenvalue weighted by molar-refractivity contribution is 0.372. The molecule has 0 aliphatic carbocycles. The molecule has 0 heterocycles. The van der Waals surface area contributed by atoms with E-state index in [2.05, 4.69) is 40.3 Å². The highest BCUT2D eigenvalue weighted by molar-refractivity contribution is 4.74. The Morgan fingerprint density at radius 3 is 2.00 bits per heavy atom. The molecule has 0 saturated heterocycles. The third kappa shape index (κ3) is 6.86. The van der Waals surface area contributed by atoms with Gasteiger partial charge < -0.3 is 0 Å². The second kappa shape index (κ2) is 7.17. The molecule has 0 aromatic carbocycles. The smallest absolute Gasteiger partial charge is 0.0265 e. The highest BCUT2D eigenvalue weighted by Gasteiger charge is 2.06. The van der Waals surface area contributed by atoms with Crippen LogP contribution in [0.3, 0.4) is 0 Å². The SMILES string of the molecule is C=CC(C)CCCCC(C)C(C)C. The van der Waals surface area contributed by atoms with Crippen molar-refractivity contribution in [2.24, 2.45) is 17.8 Å². The summed E-state index contributed by atoms with van der Waals surface area (Å²) in [5.74, 6) is 2.44. The van der Waals surface area contributed by atoms with E-state index in [4.69, 9.17) is 0 Å². The van der Waals surface area contributed by atoms with Crippen LogP contribution < -0.4 is 0 Å². The molecule has 0 radical (unpaired) electrons. The van der Waals surface area contributed by atoms with Crippen LogP contribution in [0.25, 0.3) is 0 Å². The van der Waals surface area contributed by atoms with Crippen LogP contribution in [0, 0.1) is 17.8 Å². The van der Waals surface area contributed by atoms with Crippen LogP contribution in [0.1, 0.15) is 53.4 Å². The molecule has 0 aromatic heterocycles. The van der Waals surface area contributed by atoms with Crippen molar-refractivity contribution >= 4 is 0 Å². The Labute approximate surface area is 84.4 Å². The van der Waals surface area contributed by atoms with E-state index in [0.717, 1.165) is 11.8 Å². The summed E-state index contributed by atoms with van der Waals surface area (Å²) in [5, 5.41) is 0. The quantitative estimate of drug-likeness (QED) is 0.397. The maximum atomic E-state index is 3.80. The molecule has 78 valence electrons. The topological polar surface area (TPSA) is 0 Å². The lowest BCUT2D eigenvalue weighted by atomic mass is 9.91. The first-order chi connectivity index (χ1) is 6.07. The molecule has 0 aliphatic rings. The van der Waals surface area contributed by atoms with E-state index >= 15 is 0 Å². The van der Waals surface area contributed by atoms with E-state index in [9.17, 15) is 0 Å². The third-order valence-corrected chi connectivity index (χ3v) is 3.11. The zero-order valence-electron chi connectivity index (χ0n) is 9.84. The fraction of sp³-hybridized carbons (Fsp3) is 0.846. The Morgan fingerprint density at radius 1 is 1.00 bits per heavy atom. The van der Waals surface area contributed by atoms with Gasteiger partial charge in [-0.3, -0.25) is 0 Å². The van der Waals surface area contributed by atoms with Gasteiger partial charge in [0.05, 0.1) is 0 Å². The third-order valence-electron chi connectivity index (χ3n) is 3.11. The average Bonchev–Trinajstić information content (AvgIpc) is 2.11. The highest BCUT2D eigenvalue weighted by atomic mass is 14.1. The van der Waals surface area contributed by atoms with E-state index in [1.54, 1.807) is 0 Å². The maximum Gasteiger partial charge on any atom is -0.0265 e. The van der Waals surface area contributed by atoms with Gasteiger partial charge in [0.1, 0.15) is 0 Å². The lowest BCUT2D eigenvalue weighted by Crippen LogP contribution is -2.03. The number of hydrogen-bond donors (Lipinski definition) is 0. The number of rotatable bonds is 7. The van der Waals surface area contributed by atoms with Crippen LogP contribution in [-0.2, 0) is 0 Å². The predicted molar refractivity (Wildman–Crippen MR) is 61.8 cm³/mol. The van der Waals surface area contributed by atoms with Gasteiger partial charge in [-0.25, -0.2) is 0 Å². The fourth-order valence-electron chi connectivity index (χ4n) is 1.38. The summed E-state index contributed by atoms with van der Waals surface area (Å²) < 4.78 is 0. The zero-order valence-corrected chi connectivity index (χ0v) is 9.84. The van der Waals surface area contributed by atoms with Crippen molar-refractivity contribution in [3.8, 4) is 0 Å². The summed E-state index contributed by atoms with van der Waals surface area (Å²) in [6, 6.07) is 0. The molecule has 2 unspecified atom stereocenters. The first-order valence-corrected chi connectivity index (χ1v) is 5.70. The van der Waals surface area contributed by atoms with E-state index < -0.39 is 0 Å². The van der Waals surface area contributed by atoms with Crippen molar-refractivity contribution in [1.29, 1.82) is 0 Å². The number of hydrogen-bond acceptors (Lipinski definition) is 0. The highest BCUT2D eigenvalue weighted by Crippen LogP contribution is 2.19. The van der Waals surface area contributed by atoms with E-state index in [1.807, 2.05) is 0 Å². The Morgan fingerprint density at radius 2 is 1.54 bits per heavy atom. The van der Waals surface area contributed by atoms with Gasteiger partial charge in [0.2, 0.25) is 0 Å². The van der Waals surface area contributed by atoms with Gasteiger partial charge >= 0.3 is 0 Å². The zero-order chi connectivity index (χ0) is 10.3. The molecular formula is C13H26. The molecule has 0 bridgehead atoms. The summed E-state index contributed by atoms with van der Waals surface area (Å²) in [7, 11) is 0. The van der Waals surface area contributed by atoms with Gasteiger partial charge in [0.15, 0.2) is 0 Å². The summed E-state index contributed by atoms with van der Waals surface area (Å²) in [6.45, 7) is 13.0. The van der Waals surface area contributed by atoms with E-state index in [-0.39, 0.29) is 0 Å². The van der Waals surface area contributed by atoms with Gasteiger partial charge in [-0.1, -0.05) is 53.0 Å². The van der Waals surface area contributed by atoms with Crippen molar-refractivity contribution in [3.63, 3.8) is 0 Å². The lowest BCUT2D eigenvalue weighted by Gasteiger charge is -2.15. The fourth-order valence-corrected chi connectivity index (χ4v) is 1.38. The van der Waals surface area contributed by atoms with Gasteiger partial charge in [0.25, 0.3) is 0 Å². The Balaban J connectivity index is 3.30. The van der Waals surface area contributed by atoms with Crippen molar-refractivity contribution in [3.05, 3.63) is 12.7 Å². The molecular weight excluding hydrogens is 156 g/mol. The molecule has 0 aromatic rings. The number of unbranched alkanes of at least 4 members (excludes halogenated alkanes) is 1. The molecule has 0 N–H and O–H groups in total. The van der Waals surface area contributed by atoms with Crippen molar-refractivity contribution in [1.82, 2.24) is 0 Å². The molecule has 0 spiro atoms. The minimum Gasteiger partial charge on any atom is -0.103 e. The Bertz CT molecular complexity index is 124. The van der Waals surface area contributed by atoms with Crippen molar-refractivity contribution in [2.45, 2.75) is 53.4 Å². The van der Waals surface area contributed by atoms with E-state index in [0.29, 0.717) is 5.92 Å². The molecule has 13 heavy (non-hydrogen) atoms. The van der Waals surface area contributed by atoms with Crippen molar-refractivity contribution < 1.29 is 0 Å². The second-order valence-corrected chi connectivity index (χ2v) is 4.72. The predicted octanol–water partition coefficient (Wildman–Crippen LogP) is 4.66. The molecule has 0 heteroatoms. The van der Waals surface area contributed by atoms with Crippen molar-refractivity contribution in [2.75, 3.05) is 0 Å². The second-order valence-electron chi connectivity index (χ2n) is 4.72. The van der Waals surface area contributed by atoms with Crippen LogP contribution in [0.4, 0.5) is 0 Å². The van der Waals surface area contributed by atoms with Gasteiger partial charge in [-0.15, -0.1) is 6.58 Å². The standard InChI is InChI=1S/C13H26/c1-6-12(4)9-7-8-10-13(5)11(2)3/h6,11-13H,1,7-10H2,2-5H3. The minimum atomic E-state index is 0.703. The first kappa shape index (κ1) is 12.7. The number of allylic oxidation sites excluding steroid dienone is 1. The molecule has 0 aliphatic heterocycles. The van der Waals surface area contributed by atoms with Crippen LogP contribution in [0.2, 0.25) is 0 Å². The monoisotopic (exact) mass is 182 g/mol. The molecule has 2 atom stereocenters. The Kier molecular flexibility index (Phi) is 7.03. The Hall–Kier alpha value is -0.260. The normalized spacial score (nSPS) is 15.8. The van der Waals surface area contributed by atoms with Crippen LogP contribution in [-0.4, -0.2) is 0 Å². The molecule has 0 nitrogen and oxygen atoms in total. The maximum absolute atomic E-state index is 3.80. The summed E-state index contributed by atoms with van der Waals surface area (Å²) >= 11 is 0. The van der Waals surface area contributed by atoms with Gasteiger partial charge in [-0.05, 0) is 24.2 Å². The van der Waals surface area contributed by atoms with Gasteiger partial charge in [-0.2, -0.15) is 0 Å². The van der Waals surface area contributed by atoms with Crippen LogP contribution >= 0.6 is 0 Å². The van der Waals surface area contributed by atoms with Crippen LogP contribution in [0.15, 0.2) is 12.7 Å². The summed E-state index contributed by atoms with van der Waals surface area (Å²) in [5.41, 5.74) is 0. The van der Waals surface area contributed by atoms with Gasteiger partial charge in [0, 0.05) is 0 Å². The molecule has 0 fully saturated rings. The summed E-state index contributed by atoms with van der Waals surface area (Å²) in [4.78, 5) is 0. The first-order valence-electron chi connectivity index (χ1n) is 5.70. The average molecular weight is 182 g/mol.